The summed E-state index contributed by atoms with van der Waals surface area (Å²) in [7, 11) is -1.51. The molecule has 1 aliphatic carbocycles. The molecule has 24 heavy (non-hydrogen) atoms. The minimum Gasteiger partial charge on any atom is -0.212 e. The molecule has 0 bridgehead atoms. The number of nitrogens with zero attached hydrogens (tertiary/aromatic N) is 1. The molecular weight excluding hydrogens is 318 g/mol. The van der Waals surface area contributed by atoms with Gasteiger partial charge in [-0.15, -0.1) is 0 Å². The molecule has 3 rings (SSSR count). The molecule has 2 aromatic rings. The van der Waals surface area contributed by atoms with Crippen LogP contribution in [-0.2, 0) is 22.9 Å². The van der Waals surface area contributed by atoms with Crippen LogP contribution in [0.5, 0.6) is 0 Å². The zero-order chi connectivity index (χ0) is 17.3. The Morgan fingerprint density at radius 1 is 1.08 bits per heavy atom. The monoisotopic (exact) mass is 343 g/mol. The van der Waals surface area contributed by atoms with Crippen molar-refractivity contribution in [2.75, 3.05) is 7.05 Å². The molecule has 0 amide bonds. The first-order valence-electron chi connectivity index (χ1n) is 8.52. The first kappa shape index (κ1) is 17.2. The lowest BCUT2D eigenvalue weighted by Crippen LogP contribution is -2.35. The first-order chi connectivity index (χ1) is 11.4. The van der Waals surface area contributed by atoms with Crippen molar-refractivity contribution >= 4 is 10.0 Å². The maximum Gasteiger partial charge on any atom is 0.216 e. The Hall–Kier alpha value is -1.65. The van der Waals surface area contributed by atoms with Crippen molar-refractivity contribution in [3.8, 4) is 0 Å². The molecule has 0 N–H and O–H groups in total. The second-order valence-corrected chi connectivity index (χ2v) is 9.41. The summed E-state index contributed by atoms with van der Waals surface area (Å²) in [4.78, 5) is 0. The molecule has 0 fully saturated rings. The van der Waals surface area contributed by atoms with Gasteiger partial charge in [0, 0.05) is 13.1 Å². The summed E-state index contributed by atoms with van der Waals surface area (Å²) in [6.07, 6.45) is 2.73. The zero-order valence-electron chi connectivity index (χ0n) is 14.6. The fourth-order valence-electron chi connectivity index (χ4n) is 3.48. The lowest BCUT2D eigenvalue weighted by atomic mass is 10.00. The molecular formula is C20H25NO2S. The van der Waals surface area contributed by atoms with E-state index in [1.165, 1.54) is 22.3 Å². The van der Waals surface area contributed by atoms with E-state index in [1.807, 2.05) is 6.07 Å². The average Bonchev–Trinajstić information content (AvgIpc) is 2.98. The number of aryl methyl sites for hydroxylation is 1. The van der Waals surface area contributed by atoms with Crippen LogP contribution in [0.2, 0.25) is 0 Å². The molecule has 1 unspecified atom stereocenters. The van der Waals surface area contributed by atoms with Crippen molar-refractivity contribution in [3.63, 3.8) is 0 Å². The van der Waals surface area contributed by atoms with E-state index < -0.39 is 10.0 Å². The van der Waals surface area contributed by atoms with Gasteiger partial charge in [-0.3, -0.25) is 0 Å². The highest BCUT2D eigenvalue weighted by Gasteiger charge is 2.34. The maximum atomic E-state index is 12.5. The van der Waals surface area contributed by atoms with E-state index in [0.29, 0.717) is 0 Å². The maximum absolute atomic E-state index is 12.5. The van der Waals surface area contributed by atoms with Crippen LogP contribution in [0.4, 0.5) is 0 Å². The summed E-state index contributed by atoms with van der Waals surface area (Å²) in [6.45, 7) is 3.48. The van der Waals surface area contributed by atoms with Gasteiger partial charge in [-0.25, -0.2) is 8.42 Å². The van der Waals surface area contributed by atoms with E-state index in [0.717, 1.165) is 19.3 Å². The number of rotatable bonds is 5. The van der Waals surface area contributed by atoms with Gasteiger partial charge < -0.3 is 0 Å². The Kier molecular flexibility index (Phi) is 4.79. The standard InChI is InChI=1S/C20H25NO2S/c1-15(2)24(22,23)21(3)20-12-10-18-14-17(9-11-19(18)20)13-16-7-5-4-6-8-16/h4-9,11,14-15,20H,10,12-13H2,1-3H3. The SMILES string of the molecule is CC(C)S(=O)(=O)N(C)C1CCc2cc(Cc3ccccc3)ccc21. The molecule has 4 heteroatoms. The van der Waals surface area contributed by atoms with Crippen LogP contribution in [0.3, 0.4) is 0 Å². The molecule has 2 aromatic carbocycles. The second kappa shape index (κ2) is 6.69. The minimum absolute atomic E-state index is 0.0295. The number of hydrogen-bond acceptors (Lipinski definition) is 2. The summed E-state index contributed by atoms with van der Waals surface area (Å²) in [5, 5.41) is -0.385. The highest BCUT2D eigenvalue weighted by atomic mass is 32.2. The predicted octanol–water partition coefficient (Wildman–Crippen LogP) is 3.93. The molecule has 0 saturated carbocycles. The van der Waals surface area contributed by atoms with Crippen molar-refractivity contribution in [1.29, 1.82) is 0 Å². The van der Waals surface area contributed by atoms with Crippen LogP contribution in [0.25, 0.3) is 0 Å². The van der Waals surface area contributed by atoms with E-state index in [9.17, 15) is 8.42 Å². The van der Waals surface area contributed by atoms with Gasteiger partial charge in [0.05, 0.1) is 5.25 Å². The summed E-state index contributed by atoms with van der Waals surface area (Å²) in [5.41, 5.74) is 5.04. The molecule has 0 spiro atoms. The van der Waals surface area contributed by atoms with Crippen molar-refractivity contribution < 1.29 is 8.42 Å². The topological polar surface area (TPSA) is 37.4 Å². The average molecular weight is 343 g/mol. The van der Waals surface area contributed by atoms with E-state index in [-0.39, 0.29) is 11.3 Å². The second-order valence-electron chi connectivity index (χ2n) is 6.86. The first-order valence-corrected chi connectivity index (χ1v) is 10.0. The fraction of sp³-hybridized carbons (Fsp3) is 0.400. The molecule has 0 aromatic heterocycles. The van der Waals surface area contributed by atoms with Crippen LogP contribution < -0.4 is 0 Å². The van der Waals surface area contributed by atoms with Gasteiger partial charge in [-0.1, -0.05) is 48.5 Å². The van der Waals surface area contributed by atoms with E-state index >= 15 is 0 Å². The third-order valence-corrected chi connectivity index (χ3v) is 7.19. The summed E-state index contributed by atoms with van der Waals surface area (Å²) in [5.74, 6) is 0. The highest BCUT2D eigenvalue weighted by molar-refractivity contribution is 7.89. The molecule has 0 aliphatic heterocycles. The molecule has 1 atom stereocenters. The van der Waals surface area contributed by atoms with Gasteiger partial charge in [-0.2, -0.15) is 4.31 Å². The number of benzene rings is 2. The summed E-state index contributed by atoms with van der Waals surface area (Å²) in [6, 6.07) is 16.9. The molecule has 1 aliphatic rings. The number of hydrogen-bond donors (Lipinski definition) is 0. The van der Waals surface area contributed by atoms with Crippen molar-refractivity contribution in [3.05, 3.63) is 70.8 Å². The van der Waals surface area contributed by atoms with Crippen LogP contribution in [0.15, 0.2) is 48.5 Å². The molecule has 128 valence electrons. The zero-order valence-corrected chi connectivity index (χ0v) is 15.4. The summed E-state index contributed by atoms with van der Waals surface area (Å²) < 4.78 is 26.5. The lowest BCUT2D eigenvalue weighted by Gasteiger charge is -2.26. The van der Waals surface area contributed by atoms with Gasteiger partial charge in [-0.05, 0) is 55.4 Å². The van der Waals surface area contributed by atoms with Crippen LogP contribution >= 0.6 is 0 Å². The van der Waals surface area contributed by atoms with Gasteiger partial charge in [0.1, 0.15) is 0 Å². The smallest absolute Gasteiger partial charge is 0.212 e. The van der Waals surface area contributed by atoms with Crippen molar-refractivity contribution in [2.45, 2.75) is 44.4 Å². The third-order valence-electron chi connectivity index (χ3n) is 4.94. The Bertz CT molecular complexity index is 813. The van der Waals surface area contributed by atoms with Crippen LogP contribution in [0, 0.1) is 0 Å². The van der Waals surface area contributed by atoms with E-state index in [2.05, 4.69) is 42.5 Å². The van der Waals surface area contributed by atoms with Crippen LogP contribution in [-0.4, -0.2) is 25.0 Å². The van der Waals surface area contributed by atoms with Crippen molar-refractivity contribution in [1.82, 2.24) is 4.31 Å². The van der Waals surface area contributed by atoms with Gasteiger partial charge in [0.15, 0.2) is 0 Å². The minimum atomic E-state index is -3.23. The number of sulfonamides is 1. The fourth-order valence-corrected chi connectivity index (χ4v) is 4.72. The predicted molar refractivity (Wildman–Crippen MR) is 98.6 cm³/mol. The molecule has 0 saturated heterocycles. The Morgan fingerprint density at radius 3 is 2.46 bits per heavy atom. The largest absolute Gasteiger partial charge is 0.216 e. The lowest BCUT2D eigenvalue weighted by molar-refractivity contribution is 0.370. The van der Waals surface area contributed by atoms with Gasteiger partial charge >= 0.3 is 0 Å². The Morgan fingerprint density at radius 2 is 1.79 bits per heavy atom. The molecule has 0 radical (unpaired) electrons. The normalized spacial score (nSPS) is 17.5. The molecule has 0 heterocycles. The van der Waals surface area contributed by atoms with Gasteiger partial charge in [0.2, 0.25) is 10.0 Å². The Balaban J connectivity index is 1.83. The summed E-state index contributed by atoms with van der Waals surface area (Å²) >= 11 is 0. The molecule has 3 nitrogen and oxygen atoms in total. The van der Waals surface area contributed by atoms with E-state index in [1.54, 1.807) is 25.2 Å². The van der Waals surface area contributed by atoms with Crippen LogP contribution in [0.1, 0.15) is 48.6 Å². The highest BCUT2D eigenvalue weighted by Crippen LogP contribution is 2.37. The van der Waals surface area contributed by atoms with Crippen molar-refractivity contribution in [2.24, 2.45) is 0 Å². The van der Waals surface area contributed by atoms with E-state index in [4.69, 9.17) is 0 Å². The Labute approximate surface area is 145 Å². The van der Waals surface area contributed by atoms with Gasteiger partial charge in [0.25, 0.3) is 0 Å². The third kappa shape index (κ3) is 3.26. The number of fused-ring (bicyclic) bond motifs is 1. The quantitative estimate of drug-likeness (QED) is 0.825.